The second kappa shape index (κ2) is 7.58. The molecule has 2 aromatic carbocycles. The first-order valence-electron chi connectivity index (χ1n) is 8.04. The van der Waals surface area contributed by atoms with Gasteiger partial charge >= 0.3 is 5.97 Å². The number of esters is 1. The van der Waals surface area contributed by atoms with Gasteiger partial charge in [0, 0.05) is 16.1 Å². The normalized spacial score (nSPS) is 12.0. The lowest BCUT2D eigenvalue weighted by molar-refractivity contribution is -0.152. The minimum Gasteiger partial charge on any atom is -0.452 e. The number of nitrogens with one attached hydrogen (secondary N) is 1. The van der Waals surface area contributed by atoms with Gasteiger partial charge in [-0.2, -0.15) is 0 Å². The third-order valence-electron chi connectivity index (χ3n) is 3.90. The summed E-state index contributed by atoms with van der Waals surface area (Å²) < 4.78 is 10.4. The van der Waals surface area contributed by atoms with Gasteiger partial charge in [0.05, 0.1) is 6.42 Å². The van der Waals surface area contributed by atoms with Gasteiger partial charge in [-0.3, -0.25) is 9.59 Å². The minimum atomic E-state index is -0.959. The molecule has 1 atom stereocenters. The number of rotatable bonds is 5. The fraction of sp³-hybridized carbons (Fsp3) is 0.211. The average Bonchev–Trinajstić information content (AvgIpc) is 3.01. The van der Waals surface area contributed by atoms with Gasteiger partial charge in [-0.1, -0.05) is 35.0 Å². The van der Waals surface area contributed by atoms with Crippen LogP contribution in [0.15, 0.2) is 47.0 Å². The summed E-state index contributed by atoms with van der Waals surface area (Å²) in [5.41, 5.74) is 2.50. The summed E-state index contributed by atoms with van der Waals surface area (Å²) in [6.45, 7) is 3.35. The fourth-order valence-corrected chi connectivity index (χ4v) is 2.63. The molecule has 0 radical (unpaired) electrons. The third-order valence-corrected chi connectivity index (χ3v) is 4.13. The topological polar surface area (TPSA) is 81.4 Å². The van der Waals surface area contributed by atoms with E-state index in [0.29, 0.717) is 22.0 Å². The molecule has 0 bridgehead atoms. The lowest BCUT2D eigenvalue weighted by Crippen LogP contribution is -2.30. The maximum atomic E-state index is 12.3. The molecule has 0 saturated carbocycles. The number of carbonyl (C=O) groups is 2. The van der Waals surface area contributed by atoms with Crippen LogP contribution in [0.3, 0.4) is 0 Å². The van der Waals surface area contributed by atoms with E-state index in [1.54, 1.807) is 24.3 Å². The van der Waals surface area contributed by atoms with E-state index in [0.717, 1.165) is 10.9 Å². The molecule has 7 heteroatoms. The van der Waals surface area contributed by atoms with E-state index >= 15 is 0 Å². The Balaban J connectivity index is 1.61. The van der Waals surface area contributed by atoms with Crippen LogP contribution in [-0.2, 0) is 20.7 Å². The number of aromatic nitrogens is 1. The number of fused-ring (bicyclic) bond motifs is 1. The number of ether oxygens (including phenoxy) is 1. The quantitative estimate of drug-likeness (QED) is 0.687. The van der Waals surface area contributed by atoms with Gasteiger partial charge in [0.2, 0.25) is 0 Å². The second-order valence-corrected chi connectivity index (χ2v) is 6.32. The molecular weight excluding hydrogens is 356 g/mol. The van der Waals surface area contributed by atoms with E-state index in [1.165, 1.54) is 6.92 Å². The standard InChI is InChI=1S/C19H17ClN2O4/c1-11-7-8-13(20)9-15(11)21-19(24)12(2)25-18(23)10-16-14-5-3-4-6-17(14)26-22-16/h3-9,12H,10H2,1-2H3,(H,21,24)/t12-/m0/s1. The van der Waals surface area contributed by atoms with Crippen molar-refractivity contribution in [1.29, 1.82) is 0 Å². The monoisotopic (exact) mass is 372 g/mol. The zero-order chi connectivity index (χ0) is 18.7. The van der Waals surface area contributed by atoms with Crippen molar-refractivity contribution in [1.82, 2.24) is 5.16 Å². The summed E-state index contributed by atoms with van der Waals surface area (Å²) in [6, 6.07) is 12.4. The first-order valence-corrected chi connectivity index (χ1v) is 8.41. The molecule has 1 heterocycles. The zero-order valence-electron chi connectivity index (χ0n) is 14.3. The van der Waals surface area contributed by atoms with Crippen molar-refractivity contribution < 1.29 is 18.8 Å². The van der Waals surface area contributed by atoms with Crippen LogP contribution in [0.5, 0.6) is 0 Å². The Morgan fingerprint density at radius 2 is 2.04 bits per heavy atom. The van der Waals surface area contributed by atoms with Crippen LogP contribution in [0.2, 0.25) is 5.02 Å². The maximum absolute atomic E-state index is 12.3. The molecule has 0 aliphatic carbocycles. The largest absolute Gasteiger partial charge is 0.452 e. The van der Waals surface area contributed by atoms with E-state index in [1.807, 2.05) is 25.1 Å². The average molecular weight is 373 g/mol. The van der Waals surface area contributed by atoms with E-state index in [2.05, 4.69) is 10.5 Å². The maximum Gasteiger partial charge on any atom is 0.312 e. The summed E-state index contributed by atoms with van der Waals surface area (Å²) in [5, 5.41) is 7.85. The van der Waals surface area contributed by atoms with Crippen LogP contribution in [0.1, 0.15) is 18.2 Å². The molecule has 1 N–H and O–H groups in total. The van der Waals surface area contributed by atoms with E-state index in [9.17, 15) is 9.59 Å². The van der Waals surface area contributed by atoms with E-state index in [-0.39, 0.29) is 6.42 Å². The Bertz CT molecular complexity index is 967. The summed E-state index contributed by atoms with van der Waals surface area (Å²) >= 11 is 5.94. The number of amides is 1. The first kappa shape index (κ1) is 17.9. The molecule has 0 aliphatic heterocycles. The van der Waals surface area contributed by atoms with E-state index in [4.69, 9.17) is 20.9 Å². The molecule has 0 aliphatic rings. The number of carbonyl (C=O) groups excluding carboxylic acids is 2. The van der Waals surface area contributed by atoms with Crippen molar-refractivity contribution in [2.75, 3.05) is 5.32 Å². The van der Waals surface area contributed by atoms with Crippen LogP contribution < -0.4 is 5.32 Å². The van der Waals surface area contributed by atoms with Gasteiger partial charge in [0.25, 0.3) is 5.91 Å². The third kappa shape index (κ3) is 4.03. The van der Waals surface area contributed by atoms with Crippen molar-refractivity contribution in [3.63, 3.8) is 0 Å². The predicted octanol–water partition coefficient (Wildman–Crippen LogP) is 3.90. The summed E-state index contributed by atoms with van der Waals surface area (Å²) in [5.74, 6) is -0.997. The minimum absolute atomic E-state index is 0.0785. The van der Waals surface area contributed by atoms with Crippen LogP contribution >= 0.6 is 11.6 Å². The van der Waals surface area contributed by atoms with Gasteiger partial charge in [-0.05, 0) is 43.7 Å². The summed E-state index contributed by atoms with van der Waals surface area (Å²) in [6.07, 6.45) is -1.04. The molecule has 0 fully saturated rings. The highest BCUT2D eigenvalue weighted by atomic mass is 35.5. The van der Waals surface area contributed by atoms with Crippen LogP contribution in [0.4, 0.5) is 5.69 Å². The molecule has 1 aromatic heterocycles. The zero-order valence-corrected chi connectivity index (χ0v) is 15.0. The lowest BCUT2D eigenvalue weighted by Gasteiger charge is -2.14. The Hall–Kier alpha value is -2.86. The number of para-hydroxylation sites is 1. The van der Waals surface area contributed by atoms with Crippen LogP contribution in [0.25, 0.3) is 11.0 Å². The summed E-state index contributed by atoms with van der Waals surface area (Å²) in [4.78, 5) is 24.4. The SMILES string of the molecule is Cc1ccc(Cl)cc1NC(=O)[C@H](C)OC(=O)Cc1noc2ccccc12. The summed E-state index contributed by atoms with van der Waals surface area (Å²) in [7, 11) is 0. The molecule has 0 unspecified atom stereocenters. The molecule has 134 valence electrons. The number of anilines is 1. The van der Waals surface area contributed by atoms with E-state index < -0.39 is 18.0 Å². The highest BCUT2D eigenvalue weighted by Gasteiger charge is 2.20. The Morgan fingerprint density at radius 1 is 1.27 bits per heavy atom. The van der Waals surface area contributed by atoms with Crippen LogP contribution in [-0.4, -0.2) is 23.1 Å². The van der Waals surface area contributed by atoms with Crippen LogP contribution in [0, 0.1) is 6.92 Å². The molecule has 3 rings (SSSR count). The Morgan fingerprint density at radius 3 is 2.85 bits per heavy atom. The van der Waals surface area contributed by atoms with Crippen molar-refractivity contribution in [3.8, 4) is 0 Å². The van der Waals surface area contributed by atoms with Crippen molar-refractivity contribution in [2.45, 2.75) is 26.4 Å². The molecule has 26 heavy (non-hydrogen) atoms. The second-order valence-electron chi connectivity index (χ2n) is 5.88. The lowest BCUT2D eigenvalue weighted by atomic mass is 10.2. The molecular formula is C19H17ClN2O4. The number of hydrogen-bond acceptors (Lipinski definition) is 5. The van der Waals surface area contributed by atoms with Crippen molar-refractivity contribution in [2.24, 2.45) is 0 Å². The predicted molar refractivity (Wildman–Crippen MR) is 98.1 cm³/mol. The Labute approximate surface area is 155 Å². The number of hydrogen-bond donors (Lipinski definition) is 1. The van der Waals surface area contributed by atoms with Gasteiger partial charge in [0.15, 0.2) is 11.7 Å². The smallest absolute Gasteiger partial charge is 0.312 e. The van der Waals surface area contributed by atoms with Crippen molar-refractivity contribution in [3.05, 3.63) is 58.7 Å². The highest BCUT2D eigenvalue weighted by molar-refractivity contribution is 6.31. The fourth-order valence-electron chi connectivity index (χ4n) is 2.46. The van der Waals surface area contributed by atoms with Gasteiger partial charge in [-0.15, -0.1) is 0 Å². The molecule has 0 saturated heterocycles. The molecule has 3 aromatic rings. The Kier molecular flexibility index (Phi) is 5.23. The van der Waals surface area contributed by atoms with Gasteiger partial charge in [-0.25, -0.2) is 0 Å². The first-order chi connectivity index (χ1) is 12.4. The van der Waals surface area contributed by atoms with Gasteiger partial charge < -0.3 is 14.6 Å². The molecule has 0 spiro atoms. The molecule has 1 amide bonds. The number of benzene rings is 2. The highest BCUT2D eigenvalue weighted by Crippen LogP contribution is 2.21. The number of halogens is 1. The molecule has 6 nitrogen and oxygen atoms in total. The number of nitrogens with zero attached hydrogens (tertiary/aromatic N) is 1. The number of aryl methyl sites for hydroxylation is 1. The van der Waals surface area contributed by atoms with Gasteiger partial charge in [0.1, 0.15) is 5.69 Å². The van der Waals surface area contributed by atoms with Crippen molar-refractivity contribution >= 4 is 40.1 Å².